The Labute approximate surface area is 234 Å². The van der Waals surface area contributed by atoms with Gasteiger partial charge in [0.15, 0.2) is 11.0 Å². The summed E-state index contributed by atoms with van der Waals surface area (Å²) in [6, 6.07) is 12.0. The highest BCUT2D eigenvalue weighted by Crippen LogP contribution is 2.37. The number of hydrogen-bond acceptors (Lipinski definition) is 8. The highest BCUT2D eigenvalue weighted by atomic mass is 79.9. The number of esters is 1. The van der Waals surface area contributed by atoms with Gasteiger partial charge in [0.1, 0.15) is 11.9 Å². The third-order valence-corrected chi connectivity index (χ3v) is 8.31. The fourth-order valence-corrected chi connectivity index (χ4v) is 6.06. The van der Waals surface area contributed by atoms with Crippen LogP contribution < -0.4 is 0 Å². The van der Waals surface area contributed by atoms with E-state index in [9.17, 15) is 4.79 Å². The van der Waals surface area contributed by atoms with Crippen LogP contribution in [-0.2, 0) is 9.53 Å². The molecule has 0 unspecified atom stereocenters. The molecule has 2 aromatic carbocycles. The van der Waals surface area contributed by atoms with Gasteiger partial charge in [0.05, 0.1) is 18.5 Å². The van der Waals surface area contributed by atoms with E-state index in [4.69, 9.17) is 9.73 Å². The first-order valence-corrected chi connectivity index (χ1v) is 14.4. The summed E-state index contributed by atoms with van der Waals surface area (Å²) in [7, 11) is 3.52. The van der Waals surface area contributed by atoms with E-state index in [0.29, 0.717) is 23.5 Å². The topological polar surface area (TPSA) is 75.8 Å². The molecule has 0 bridgehead atoms. The van der Waals surface area contributed by atoms with Crippen LogP contribution in [0, 0.1) is 5.82 Å². The maximum Gasteiger partial charge on any atom is 0.305 e. The Balaban J connectivity index is 1.53. The molecule has 38 heavy (non-hydrogen) atoms. The van der Waals surface area contributed by atoms with Crippen molar-refractivity contribution in [3.05, 3.63) is 69.7 Å². The van der Waals surface area contributed by atoms with Gasteiger partial charge in [0.25, 0.3) is 0 Å². The Bertz CT molecular complexity index is 1340. The van der Waals surface area contributed by atoms with Gasteiger partial charge in [-0.1, -0.05) is 39.8 Å². The minimum Gasteiger partial charge on any atom is -0.469 e. The van der Waals surface area contributed by atoms with Gasteiger partial charge in [0, 0.05) is 60.5 Å². The van der Waals surface area contributed by atoms with Gasteiger partial charge in [-0.05, 0) is 43.8 Å². The second-order valence-electron chi connectivity index (χ2n) is 9.42. The van der Waals surface area contributed by atoms with E-state index in [0.717, 1.165) is 59.4 Å². The molecule has 1 aromatic heterocycles. The second-order valence-corrected chi connectivity index (χ2v) is 11.4. The Hall–Kier alpha value is -2.60. The van der Waals surface area contributed by atoms with Crippen LogP contribution >= 0.6 is 27.7 Å². The largest absolute Gasteiger partial charge is 0.469 e. The normalized spacial score (nSPS) is 17.9. The van der Waals surface area contributed by atoms with Crippen LogP contribution in [0.25, 0.3) is 5.69 Å². The molecule has 0 spiro atoms. The lowest BCUT2D eigenvalue weighted by molar-refractivity contribution is -0.140. The summed E-state index contributed by atoms with van der Waals surface area (Å²) < 4.78 is 22.8. The molecule has 3 heterocycles. The molecular weight excluding hydrogens is 571 g/mol. The van der Waals surface area contributed by atoms with Crippen molar-refractivity contribution in [2.24, 2.45) is 4.99 Å². The molecule has 0 amide bonds. The zero-order chi connectivity index (χ0) is 26.6. The molecule has 3 aromatic rings. The summed E-state index contributed by atoms with van der Waals surface area (Å²) in [5, 5.41) is 9.86. The highest BCUT2D eigenvalue weighted by molar-refractivity contribution is 9.10. The van der Waals surface area contributed by atoms with Crippen LogP contribution in [0.3, 0.4) is 0 Å². The smallest absolute Gasteiger partial charge is 0.305 e. The Morgan fingerprint density at radius 2 is 1.92 bits per heavy atom. The number of aromatic nitrogens is 3. The first-order valence-electron chi connectivity index (χ1n) is 12.6. The monoisotopic (exact) mass is 600 g/mol. The third-order valence-electron chi connectivity index (χ3n) is 6.91. The maximum absolute atomic E-state index is 15.1. The van der Waals surface area contributed by atoms with Gasteiger partial charge in [-0.25, -0.2) is 4.39 Å². The average molecular weight is 602 g/mol. The van der Waals surface area contributed by atoms with E-state index < -0.39 is 6.04 Å². The number of methoxy groups -OCH3 is 1. The maximum atomic E-state index is 15.1. The quantitative estimate of drug-likeness (QED) is 0.281. The highest BCUT2D eigenvalue weighted by Gasteiger charge is 2.30. The van der Waals surface area contributed by atoms with Crippen molar-refractivity contribution in [2.45, 2.75) is 24.0 Å². The lowest BCUT2D eigenvalue weighted by Crippen LogP contribution is -2.45. The van der Waals surface area contributed by atoms with Crippen LogP contribution in [0.1, 0.15) is 35.8 Å². The number of aliphatic imine (C=N–C) groups is 1. The van der Waals surface area contributed by atoms with E-state index in [1.54, 1.807) is 30.0 Å². The molecule has 0 aliphatic carbocycles. The molecule has 2 aliphatic heterocycles. The molecule has 0 saturated carbocycles. The number of rotatable bonds is 8. The fourth-order valence-electron chi connectivity index (χ4n) is 4.75. The van der Waals surface area contributed by atoms with Gasteiger partial charge < -0.3 is 9.64 Å². The predicted molar refractivity (Wildman–Crippen MR) is 150 cm³/mol. The van der Waals surface area contributed by atoms with Crippen LogP contribution in [0.15, 0.2) is 57.1 Å². The van der Waals surface area contributed by atoms with Gasteiger partial charge >= 0.3 is 5.97 Å². The number of halogens is 2. The minimum atomic E-state index is -0.505. The molecule has 1 saturated heterocycles. The fraction of sp³-hybridized carbons (Fsp3) is 0.407. The lowest BCUT2D eigenvalue weighted by atomic mass is 10.00. The SMILES string of the molecule is COC(=O)CC[C@@H]1N=C(c2ccccc2F)c2cc(Br)ccc2-n2c(SCCN3CCN(C)CC3)nnc21. The number of likely N-dealkylation sites (N-methyl/N-ethyl adjacent to an activating group) is 1. The van der Waals surface area contributed by atoms with E-state index >= 15 is 4.39 Å². The Morgan fingerprint density at radius 1 is 1.13 bits per heavy atom. The Kier molecular flexibility index (Phi) is 8.57. The molecule has 8 nitrogen and oxygen atoms in total. The molecule has 11 heteroatoms. The van der Waals surface area contributed by atoms with E-state index in [2.05, 4.69) is 43.0 Å². The summed E-state index contributed by atoms with van der Waals surface area (Å²) in [5.41, 5.74) is 2.52. The summed E-state index contributed by atoms with van der Waals surface area (Å²) >= 11 is 5.23. The van der Waals surface area contributed by atoms with Crippen molar-refractivity contribution in [3.8, 4) is 5.69 Å². The van der Waals surface area contributed by atoms with Crippen molar-refractivity contribution in [1.29, 1.82) is 0 Å². The van der Waals surface area contributed by atoms with E-state index in [1.807, 2.05) is 22.8 Å². The zero-order valence-corrected chi connectivity index (χ0v) is 23.8. The average Bonchev–Trinajstić information content (AvgIpc) is 3.28. The first-order chi connectivity index (χ1) is 18.4. The van der Waals surface area contributed by atoms with Gasteiger partial charge in [0.2, 0.25) is 0 Å². The number of fused-ring (bicyclic) bond motifs is 3. The van der Waals surface area contributed by atoms with Crippen molar-refractivity contribution in [2.75, 3.05) is 52.6 Å². The van der Waals surface area contributed by atoms with Crippen LogP contribution in [0.5, 0.6) is 0 Å². The minimum absolute atomic E-state index is 0.161. The first kappa shape index (κ1) is 27.0. The number of ether oxygens (including phenoxy) is 1. The molecule has 5 rings (SSSR count). The summed E-state index contributed by atoms with van der Waals surface area (Å²) in [4.78, 5) is 21.9. The summed E-state index contributed by atoms with van der Waals surface area (Å²) in [6.45, 7) is 5.22. The summed E-state index contributed by atoms with van der Waals surface area (Å²) in [5.74, 6) is 0.806. The van der Waals surface area contributed by atoms with E-state index in [1.165, 1.54) is 13.2 Å². The molecule has 1 fully saturated rings. The van der Waals surface area contributed by atoms with Gasteiger partial charge in [-0.3, -0.25) is 19.3 Å². The number of thioether (sulfide) groups is 1. The standard InChI is InChI=1S/C27H30BrFN6O2S/c1-33-11-13-34(14-12-33)15-16-38-27-32-31-26-22(8-10-24(36)37-2)30-25(19-5-3-4-6-21(19)29)20-17-18(28)7-9-23(20)35(26)27/h3-7,9,17,22H,8,10-16H2,1-2H3/t22-/m0/s1. The summed E-state index contributed by atoms with van der Waals surface area (Å²) in [6.07, 6.45) is 0.526. The van der Waals surface area contributed by atoms with Crippen molar-refractivity contribution >= 4 is 39.4 Å². The van der Waals surface area contributed by atoms with Crippen LogP contribution in [-0.4, -0.2) is 88.9 Å². The molecule has 2 aliphatic rings. The molecule has 200 valence electrons. The molecular formula is C27H30BrFN6O2S. The number of hydrogen-bond donors (Lipinski definition) is 0. The zero-order valence-electron chi connectivity index (χ0n) is 21.4. The van der Waals surface area contributed by atoms with Crippen molar-refractivity contribution in [3.63, 3.8) is 0 Å². The number of benzene rings is 2. The van der Waals surface area contributed by atoms with Crippen LogP contribution in [0.2, 0.25) is 0 Å². The number of piperazine rings is 1. The number of carbonyl (C=O) groups excluding carboxylic acids is 1. The van der Waals surface area contributed by atoms with Crippen molar-refractivity contribution < 1.29 is 13.9 Å². The number of nitrogens with zero attached hydrogens (tertiary/aromatic N) is 6. The van der Waals surface area contributed by atoms with E-state index in [-0.39, 0.29) is 18.2 Å². The lowest BCUT2D eigenvalue weighted by Gasteiger charge is -2.32. The van der Waals surface area contributed by atoms with Gasteiger partial charge in [-0.2, -0.15) is 0 Å². The van der Waals surface area contributed by atoms with Crippen molar-refractivity contribution in [1.82, 2.24) is 24.6 Å². The number of carbonyl (C=O) groups is 1. The van der Waals surface area contributed by atoms with Gasteiger partial charge in [-0.15, -0.1) is 10.2 Å². The molecule has 1 atom stereocenters. The third kappa shape index (κ3) is 5.85. The predicted octanol–water partition coefficient (Wildman–Crippen LogP) is 4.35. The molecule has 0 N–H and O–H groups in total. The Morgan fingerprint density at radius 3 is 2.68 bits per heavy atom. The van der Waals surface area contributed by atoms with Crippen LogP contribution in [0.4, 0.5) is 4.39 Å². The second kappa shape index (κ2) is 12.1. The molecule has 0 radical (unpaired) electrons.